The Hall–Kier alpha value is -7.81. The molecule has 4 aromatic rings. The number of hydrogen-bond donors (Lipinski definition) is 2. The fraction of sp³-hybridized carbons (Fsp3) is 0.423. The van der Waals surface area contributed by atoms with E-state index in [1.54, 1.807) is 100 Å². The van der Waals surface area contributed by atoms with E-state index in [0.717, 1.165) is 11.8 Å². The number of pyridine rings is 2. The van der Waals surface area contributed by atoms with Crippen molar-refractivity contribution in [3.8, 4) is 18.0 Å². The van der Waals surface area contributed by atoms with Crippen LogP contribution in [0.1, 0.15) is 89.4 Å². The molecule has 6 rings (SSSR count). The van der Waals surface area contributed by atoms with E-state index in [-0.39, 0.29) is 88.6 Å². The number of sulfonamides is 2. The average molecular weight is 1130 g/mol. The fourth-order valence-corrected chi connectivity index (χ4v) is 11.1. The van der Waals surface area contributed by atoms with E-state index < -0.39 is 61.6 Å². The maximum Gasteiger partial charge on any atom is 0.343 e. The van der Waals surface area contributed by atoms with Crippen LogP contribution in [0.2, 0.25) is 0 Å². The van der Waals surface area contributed by atoms with Crippen molar-refractivity contribution >= 4 is 79.1 Å². The number of rotatable bonds is 21. The number of nitrogens with zero attached hydrogens (tertiary/aromatic N) is 7. The van der Waals surface area contributed by atoms with Gasteiger partial charge in [0.1, 0.15) is 28.5 Å². The second-order valence-corrected chi connectivity index (χ2v) is 22.1. The first-order chi connectivity index (χ1) is 37.2. The molecule has 0 saturated carbocycles. The predicted molar refractivity (Wildman–Crippen MR) is 286 cm³/mol. The van der Waals surface area contributed by atoms with Gasteiger partial charge in [-0.2, -0.15) is 15.5 Å². The standard InChI is InChI=1S/C26H31N5O7S.C26H30N4O7S2/c1-4-37-26(34)21-14-20(15-27)23(28-25(21)38-16-22(32)30(2)3)31-12-10-19(11-13-31)24(33)29-39(35,36)17-18-8-6-5-7-9-18;1-3-36-22(31)16-38-25-21(26(33)37-4-2)14-20(15-27)23(28-25)30-12-10-19(11-13-30)24(32)29-39(34,35)17-18-8-6-5-7-9-18/h5-9,14,19H,4,10-13,16-17H2,1-3H3,(H,29,33);5-9,14,19H,3-4,10-13,16-17H2,1-2H3,(H,29,32). The summed E-state index contributed by atoms with van der Waals surface area (Å²) in [6, 6.07) is 23.9. The second-order valence-electron chi connectivity index (χ2n) is 17.7. The summed E-state index contributed by atoms with van der Waals surface area (Å²) in [7, 11) is -4.60. The van der Waals surface area contributed by atoms with Gasteiger partial charge in [-0.25, -0.2) is 31.4 Å². The maximum absolute atomic E-state index is 12.7. The minimum Gasteiger partial charge on any atom is -0.467 e. The van der Waals surface area contributed by atoms with E-state index in [2.05, 4.69) is 25.5 Å². The number of anilines is 2. The Morgan fingerprint density at radius 1 is 0.654 bits per heavy atom. The van der Waals surface area contributed by atoms with E-state index >= 15 is 0 Å². The third-order valence-electron chi connectivity index (χ3n) is 11.9. The van der Waals surface area contributed by atoms with Crippen LogP contribution in [0.5, 0.6) is 5.88 Å². The number of aromatic nitrogens is 2. The molecule has 0 bridgehead atoms. The lowest BCUT2D eigenvalue weighted by molar-refractivity contribution is -0.140. The van der Waals surface area contributed by atoms with Gasteiger partial charge in [0, 0.05) is 52.1 Å². The first-order valence-corrected chi connectivity index (χ1v) is 29.0. The molecule has 4 heterocycles. The number of thioether (sulfide) groups is 1. The highest BCUT2D eigenvalue weighted by molar-refractivity contribution is 8.00. The molecule has 2 aromatic heterocycles. The number of nitrogens with one attached hydrogen (secondary N) is 2. The fourth-order valence-electron chi connectivity index (χ4n) is 7.98. The summed E-state index contributed by atoms with van der Waals surface area (Å²) in [5.74, 6) is -4.76. The molecule has 78 heavy (non-hydrogen) atoms. The molecule has 3 amide bonds. The zero-order valence-corrected chi connectivity index (χ0v) is 46.2. The SMILES string of the molecule is CCOC(=O)CSc1nc(N2CCC(C(=O)NS(=O)(=O)Cc3ccccc3)CC2)c(C#N)cc1C(=O)OCC.CCOC(=O)c1cc(C#N)c(N2CCC(C(=O)NS(=O)(=O)Cc3ccccc3)CC2)nc1OCC(=O)N(C)C. The van der Waals surface area contributed by atoms with Crippen molar-refractivity contribution in [1.29, 1.82) is 10.5 Å². The molecule has 2 fully saturated rings. The summed E-state index contributed by atoms with van der Waals surface area (Å²) in [5, 5.41) is 19.8. The summed E-state index contributed by atoms with van der Waals surface area (Å²) in [6.45, 7) is 6.30. The van der Waals surface area contributed by atoms with Crippen LogP contribution in [0.15, 0.2) is 77.8 Å². The second kappa shape index (κ2) is 29.1. The Balaban J connectivity index is 0.000000287. The maximum atomic E-state index is 12.7. The molecular formula is C52H61N9O14S3. The summed E-state index contributed by atoms with van der Waals surface area (Å²) >= 11 is 1.01. The third-order valence-corrected chi connectivity index (χ3v) is 15.3. The Morgan fingerprint density at radius 3 is 1.50 bits per heavy atom. The topological polar surface area (TPSA) is 315 Å². The van der Waals surface area contributed by atoms with Gasteiger partial charge in [0.25, 0.3) is 5.91 Å². The van der Waals surface area contributed by atoms with Crippen molar-refractivity contribution in [3.05, 3.63) is 106 Å². The summed E-state index contributed by atoms with van der Waals surface area (Å²) in [4.78, 5) is 88.3. The van der Waals surface area contributed by atoms with Crippen LogP contribution in [-0.2, 0) is 64.9 Å². The number of piperidine rings is 2. The van der Waals surface area contributed by atoms with Crippen LogP contribution >= 0.6 is 11.8 Å². The molecule has 0 unspecified atom stereocenters. The van der Waals surface area contributed by atoms with E-state index in [1.807, 2.05) is 11.0 Å². The summed E-state index contributed by atoms with van der Waals surface area (Å²) in [5.41, 5.74) is 1.38. The van der Waals surface area contributed by atoms with Crippen molar-refractivity contribution in [2.24, 2.45) is 11.8 Å². The van der Waals surface area contributed by atoms with Crippen LogP contribution < -0.4 is 24.0 Å². The van der Waals surface area contributed by atoms with Gasteiger partial charge in [-0.1, -0.05) is 72.4 Å². The lowest BCUT2D eigenvalue weighted by Crippen LogP contribution is -2.43. The van der Waals surface area contributed by atoms with Gasteiger partial charge in [-0.15, -0.1) is 0 Å². The van der Waals surface area contributed by atoms with Crippen molar-refractivity contribution in [3.63, 3.8) is 0 Å². The van der Waals surface area contributed by atoms with Gasteiger partial charge in [-0.05, 0) is 69.7 Å². The number of esters is 3. The normalized spacial score (nSPS) is 13.8. The molecule has 2 aliphatic heterocycles. The quantitative estimate of drug-likeness (QED) is 0.0673. The smallest absolute Gasteiger partial charge is 0.343 e. The molecule has 2 aromatic carbocycles. The Bertz CT molecular complexity index is 3100. The number of hydrogen-bond acceptors (Lipinski definition) is 21. The Morgan fingerprint density at radius 2 is 1.08 bits per heavy atom. The number of carbonyl (C=O) groups excluding carboxylic acids is 6. The largest absolute Gasteiger partial charge is 0.467 e. The van der Waals surface area contributed by atoms with E-state index in [4.69, 9.17) is 18.9 Å². The molecule has 2 N–H and O–H groups in total. The molecule has 0 radical (unpaired) electrons. The number of carbonyl (C=O) groups is 6. The van der Waals surface area contributed by atoms with Crippen molar-refractivity contribution in [1.82, 2.24) is 24.3 Å². The highest BCUT2D eigenvalue weighted by Gasteiger charge is 2.33. The van der Waals surface area contributed by atoms with Crippen LogP contribution in [0.3, 0.4) is 0 Å². The van der Waals surface area contributed by atoms with E-state index in [9.17, 15) is 56.1 Å². The van der Waals surface area contributed by atoms with Crippen LogP contribution in [0.4, 0.5) is 11.6 Å². The highest BCUT2D eigenvalue weighted by atomic mass is 32.2. The number of amides is 3. The molecule has 2 saturated heterocycles. The third kappa shape index (κ3) is 17.9. The van der Waals surface area contributed by atoms with Crippen molar-refractivity contribution in [2.75, 3.05) is 82.3 Å². The summed E-state index contributed by atoms with van der Waals surface area (Å²) in [6.07, 6.45) is 1.30. The number of benzene rings is 2. The first kappa shape index (κ1) is 61.0. The lowest BCUT2D eigenvalue weighted by atomic mass is 9.96. The molecular weight excluding hydrogens is 1070 g/mol. The number of ether oxygens (including phenoxy) is 4. The monoisotopic (exact) mass is 1130 g/mol. The molecule has 2 aliphatic rings. The van der Waals surface area contributed by atoms with Gasteiger partial charge in [0.2, 0.25) is 37.7 Å². The van der Waals surface area contributed by atoms with Gasteiger partial charge in [0.15, 0.2) is 12.4 Å². The zero-order chi connectivity index (χ0) is 57.0. The highest BCUT2D eigenvalue weighted by Crippen LogP contribution is 2.33. The summed E-state index contributed by atoms with van der Waals surface area (Å²) < 4.78 is 74.9. The molecule has 0 atom stereocenters. The molecule has 23 nitrogen and oxygen atoms in total. The minimum atomic E-state index is -3.86. The van der Waals surface area contributed by atoms with Gasteiger partial charge in [0.05, 0.1) is 53.8 Å². The van der Waals surface area contributed by atoms with Crippen molar-refractivity contribution < 1.29 is 64.6 Å². The van der Waals surface area contributed by atoms with Crippen LogP contribution in [0.25, 0.3) is 0 Å². The Labute approximate surface area is 457 Å². The predicted octanol–water partition coefficient (Wildman–Crippen LogP) is 4.11. The molecule has 0 aliphatic carbocycles. The van der Waals surface area contributed by atoms with Gasteiger partial charge < -0.3 is 33.6 Å². The molecule has 26 heteroatoms. The number of likely N-dealkylation sites (N-methyl/N-ethyl adjacent to an activating group) is 1. The van der Waals surface area contributed by atoms with Crippen LogP contribution in [0, 0.1) is 34.5 Å². The number of nitriles is 2. The zero-order valence-electron chi connectivity index (χ0n) is 43.8. The first-order valence-electron chi connectivity index (χ1n) is 24.7. The van der Waals surface area contributed by atoms with E-state index in [0.29, 0.717) is 68.8 Å². The molecule has 416 valence electrons. The van der Waals surface area contributed by atoms with Gasteiger partial charge >= 0.3 is 17.9 Å². The molecule has 0 spiro atoms. The average Bonchev–Trinajstić information content (AvgIpc) is 3.43. The van der Waals surface area contributed by atoms with Gasteiger partial charge in [-0.3, -0.25) is 28.6 Å². The van der Waals surface area contributed by atoms with Crippen LogP contribution in [-0.4, -0.2) is 140 Å². The van der Waals surface area contributed by atoms with E-state index in [1.165, 1.54) is 17.0 Å². The Kier molecular flexibility index (Phi) is 22.8. The van der Waals surface area contributed by atoms with Crippen molar-refractivity contribution in [2.45, 2.75) is 63.0 Å². The minimum absolute atomic E-state index is 0.0735. The lowest BCUT2D eigenvalue weighted by Gasteiger charge is -2.32.